The Morgan fingerprint density at radius 3 is 2.57 bits per heavy atom. The average molecular weight is 399 g/mol. The van der Waals surface area contributed by atoms with E-state index >= 15 is 0 Å². The molecule has 1 atom stereocenters. The molecule has 1 aliphatic carbocycles. The van der Waals surface area contributed by atoms with Crippen LogP contribution in [0, 0.1) is 5.82 Å². The first kappa shape index (κ1) is 18.4. The summed E-state index contributed by atoms with van der Waals surface area (Å²) in [5, 5.41) is 14.7. The van der Waals surface area contributed by atoms with Crippen LogP contribution in [-0.2, 0) is 4.79 Å². The fourth-order valence-electron chi connectivity index (χ4n) is 2.66. The van der Waals surface area contributed by atoms with E-state index in [4.69, 9.17) is 4.74 Å². The first-order valence-electron chi connectivity index (χ1n) is 8.79. The van der Waals surface area contributed by atoms with E-state index in [1.807, 2.05) is 24.3 Å². The smallest absolute Gasteiger partial charge is 0.238 e. The van der Waals surface area contributed by atoms with E-state index in [0.717, 1.165) is 24.3 Å². The van der Waals surface area contributed by atoms with Crippen molar-refractivity contribution in [3.63, 3.8) is 0 Å². The second-order valence-corrected chi connectivity index (χ2v) is 7.48. The molecule has 0 spiro atoms. The molecule has 1 amide bonds. The van der Waals surface area contributed by atoms with E-state index in [-0.39, 0.29) is 17.8 Å². The number of carbonyl (C=O) groups is 1. The Bertz CT molecular complexity index is 957. The van der Waals surface area contributed by atoms with E-state index in [1.165, 1.54) is 23.9 Å². The number of tetrazole rings is 1. The summed E-state index contributed by atoms with van der Waals surface area (Å²) in [6.07, 6.45) is 1.96. The van der Waals surface area contributed by atoms with Gasteiger partial charge in [-0.3, -0.25) is 4.79 Å². The highest BCUT2D eigenvalue weighted by Gasteiger charge is 2.30. The number of ether oxygens (including phenoxy) is 1. The lowest BCUT2D eigenvalue weighted by atomic mass is 10.1. The highest BCUT2D eigenvalue weighted by atomic mass is 32.2. The van der Waals surface area contributed by atoms with Gasteiger partial charge in [-0.15, -0.1) is 5.10 Å². The Morgan fingerprint density at radius 2 is 1.93 bits per heavy atom. The van der Waals surface area contributed by atoms with Gasteiger partial charge in [0.25, 0.3) is 0 Å². The molecule has 0 bridgehead atoms. The Balaban J connectivity index is 1.62. The molecule has 0 radical (unpaired) electrons. The van der Waals surface area contributed by atoms with Gasteiger partial charge in [-0.2, -0.15) is 4.68 Å². The molecule has 1 fully saturated rings. The number of nitrogens with zero attached hydrogens (tertiary/aromatic N) is 4. The SMILES string of the molecule is COc1ccc(-n2nnnc2SC(C(=O)NC2CC2)c2ccc(F)cc2)cc1. The Labute approximate surface area is 165 Å². The number of halogens is 1. The summed E-state index contributed by atoms with van der Waals surface area (Å²) in [7, 11) is 1.60. The largest absolute Gasteiger partial charge is 0.497 e. The molecular weight excluding hydrogens is 381 g/mol. The number of nitrogens with one attached hydrogen (secondary N) is 1. The zero-order chi connectivity index (χ0) is 19.5. The number of amides is 1. The minimum Gasteiger partial charge on any atom is -0.497 e. The van der Waals surface area contributed by atoms with Gasteiger partial charge < -0.3 is 10.1 Å². The molecule has 0 aliphatic heterocycles. The van der Waals surface area contributed by atoms with Crippen LogP contribution < -0.4 is 10.1 Å². The highest BCUT2D eigenvalue weighted by molar-refractivity contribution is 8.00. The first-order valence-corrected chi connectivity index (χ1v) is 9.67. The quantitative estimate of drug-likeness (QED) is 0.615. The lowest BCUT2D eigenvalue weighted by Crippen LogP contribution is -2.30. The van der Waals surface area contributed by atoms with Crippen LogP contribution in [0.25, 0.3) is 5.69 Å². The third kappa shape index (κ3) is 4.14. The summed E-state index contributed by atoms with van der Waals surface area (Å²) in [6, 6.07) is 13.4. The molecule has 144 valence electrons. The van der Waals surface area contributed by atoms with Crippen molar-refractivity contribution in [2.75, 3.05) is 7.11 Å². The molecule has 1 unspecified atom stereocenters. The lowest BCUT2D eigenvalue weighted by molar-refractivity contribution is -0.120. The summed E-state index contributed by atoms with van der Waals surface area (Å²) in [6.45, 7) is 0. The summed E-state index contributed by atoms with van der Waals surface area (Å²) >= 11 is 1.22. The molecule has 2 aromatic carbocycles. The highest BCUT2D eigenvalue weighted by Crippen LogP contribution is 2.36. The van der Waals surface area contributed by atoms with Crippen LogP contribution in [0.15, 0.2) is 53.7 Å². The van der Waals surface area contributed by atoms with Crippen LogP contribution in [0.2, 0.25) is 0 Å². The Hall–Kier alpha value is -2.94. The Kier molecular flexibility index (Phi) is 5.25. The van der Waals surface area contributed by atoms with Crippen molar-refractivity contribution in [2.45, 2.75) is 29.3 Å². The van der Waals surface area contributed by atoms with Gasteiger partial charge in [-0.25, -0.2) is 4.39 Å². The first-order chi connectivity index (χ1) is 13.6. The maximum absolute atomic E-state index is 13.3. The Morgan fingerprint density at radius 1 is 1.21 bits per heavy atom. The number of aromatic nitrogens is 4. The molecule has 0 saturated heterocycles. The maximum Gasteiger partial charge on any atom is 0.238 e. The minimum absolute atomic E-state index is 0.136. The zero-order valence-electron chi connectivity index (χ0n) is 15.1. The van der Waals surface area contributed by atoms with E-state index in [2.05, 4.69) is 20.8 Å². The topological polar surface area (TPSA) is 81.9 Å². The number of carbonyl (C=O) groups excluding carboxylic acids is 1. The molecule has 1 N–H and O–H groups in total. The number of methoxy groups -OCH3 is 1. The monoisotopic (exact) mass is 399 g/mol. The molecule has 1 aliphatic rings. The molecule has 1 saturated carbocycles. The van der Waals surface area contributed by atoms with Gasteiger partial charge in [0.1, 0.15) is 16.8 Å². The molecule has 7 nitrogen and oxygen atoms in total. The van der Waals surface area contributed by atoms with E-state index in [0.29, 0.717) is 10.7 Å². The maximum atomic E-state index is 13.3. The van der Waals surface area contributed by atoms with Crippen molar-refractivity contribution in [3.8, 4) is 11.4 Å². The molecule has 1 aromatic heterocycles. The predicted octanol–water partition coefficient (Wildman–Crippen LogP) is 2.92. The van der Waals surface area contributed by atoms with Crippen LogP contribution in [0.5, 0.6) is 5.75 Å². The molecule has 3 aromatic rings. The van der Waals surface area contributed by atoms with Crippen LogP contribution in [0.3, 0.4) is 0 Å². The van der Waals surface area contributed by atoms with Gasteiger partial charge >= 0.3 is 0 Å². The number of hydrogen-bond acceptors (Lipinski definition) is 6. The molecule has 28 heavy (non-hydrogen) atoms. The number of hydrogen-bond donors (Lipinski definition) is 1. The third-order valence-corrected chi connectivity index (χ3v) is 5.50. The predicted molar refractivity (Wildman–Crippen MR) is 102 cm³/mol. The molecule has 4 rings (SSSR count). The standard InChI is InChI=1S/C19H18FN5O2S/c1-27-16-10-8-15(9-11-16)25-19(22-23-24-25)28-17(18(26)21-14-6-7-14)12-2-4-13(20)5-3-12/h2-5,8-11,14,17H,6-7H2,1H3,(H,21,26). The van der Waals surface area contributed by atoms with Crippen LogP contribution >= 0.6 is 11.8 Å². The summed E-state index contributed by atoms with van der Waals surface area (Å²) in [5.74, 6) is 0.237. The third-order valence-electron chi connectivity index (χ3n) is 4.32. The van der Waals surface area contributed by atoms with E-state index in [1.54, 1.807) is 23.9 Å². The number of rotatable bonds is 7. The molecule has 1 heterocycles. The van der Waals surface area contributed by atoms with Crippen LogP contribution in [-0.4, -0.2) is 39.3 Å². The van der Waals surface area contributed by atoms with Crippen molar-refractivity contribution in [1.82, 2.24) is 25.5 Å². The van der Waals surface area contributed by atoms with Crippen LogP contribution in [0.4, 0.5) is 4.39 Å². The summed E-state index contributed by atoms with van der Waals surface area (Å²) in [5.41, 5.74) is 1.43. The number of thioether (sulfide) groups is 1. The van der Waals surface area contributed by atoms with E-state index < -0.39 is 5.25 Å². The zero-order valence-corrected chi connectivity index (χ0v) is 15.9. The minimum atomic E-state index is -0.593. The van der Waals surface area contributed by atoms with E-state index in [9.17, 15) is 9.18 Å². The summed E-state index contributed by atoms with van der Waals surface area (Å²) < 4.78 is 20.1. The van der Waals surface area contributed by atoms with Gasteiger partial charge in [0.05, 0.1) is 12.8 Å². The lowest BCUT2D eigenvalue weighted by Gasteiger charge is -2.16. The van der Waals surface area contributed by atoms with Crippen molar-refractivity contribution >= 4 is 17.7 Å². The second-order valence-electron chi connectivity index (χ2n) is 6.40. The molecular formula is C19H18FN5O2S. The van der Waals surface area contributed by atoms with Crippen LogP contribution in [0.1, 0.15) is 23.7 Å². The molecule has 9 heteroatoms. The summed E-state index contributed by atoms with van der Waals surface area (Å²) in [4.78, 5) is 12.8. The van der Waals surface area contributed by atoms with Crippen molar-refractivity contribution in [3.05, 3.63) is 59.9 Å². The number of benzene rings is 2. The van der Waals surface area contributed by atoms with Crippen molar-refractivity contribution in [1.29, 1.82) is 0 Å². The fourth-order valence-corrected chi connectivity index (χ4v) is 3.66. The van der Waals surface area contributed by atoms with Gasteiger partial charge in [0, 0.05) is 6.04 Å². The van der Waals surface area contributed by atoms with Crippen molar-refractivity contribution < 1.29 is 13.9 Å². The van der Waals surface area contributed by atoms with Gasteiger partial charge in [0.15, 0.2) is 0 Å². The fraction of sp³-hybridized carbons (Fsp3) is 0.263. The van der Waals surface area contributed by atoms with Gasteiger partial charge in [-0.05, 0) is 65.2 Å². The second kappa shape index (κ2) is 7.97. The van der Waals surface area contributed by atoms with Gasteiger partial charge in [0.2, 0.25) is 11.1 Å². The van der Waals surface area contributed by atoms with Crippen molar-refractivity contribution in [2.24, 2.45) is 0 Å². The van der Waals surface area contributed by atoms with Gasteiger partial charge in [-0.1, -0.05) is 23.9 Å². The normalized spacial score (nSPS) is 14.5. The average Bonchev–Trinajstić information content (AvgIpc) is 3.41.